The summed E-state index contributed by atoms with van der Waals surface area (Å²) in [6.07, 6.45) is 9.08. The van der Waals surface area contributed by atoms with Gasteiger partial charge in [-0.2, -0.15) is 5.10 Å². The lowest BCUT2D eigenvalue weighted by Gasteiger charge is -2.31. The Kier molecular flexibility index (Phi) is 4.86. The number of nitrogens with zero attached hydrogens (tertiary/aromatic N) is 4. The standard InChI is InChI=1S/C23H25N5O2/c29-21(25-18-8-9-18)17-10-14-27(15-11-17)23(30)20-16-24-28(19-6-2-1-3-7-19)22(20)26-12-4-5-13-26/h1-7,12-13,16-18H,8-11,14-15H2,(H,25,29). The van der Waals surface area contributed by atoms with E-state index in [4.69, 9.17) is 0 Å². The number of nitrogens with one attached hydrogen (secondary N) is 1. The van der Waals surface area contributed by atoms with Crippen molar-refractivity contribution in [3.05, 3.63) is 66.6 Å². The molecular formula is C23H25N5O2. The minimum atomic E-state index is -0.0399. The Morgan fingerprint density at radius 2 is 1.63 bits per heavy atom. The predicted octanol–water partition coefficient (Wildman–Crippen LogP) is 2.79. The van der Waals surface area contributed by atoms with Gasteiger partial charge in [0.05, 0.1) is 11.9 Å². The van der Waals surface area contributed by atoms with Gasteiger partial charge in [-0.05, 0) is 49.9 Å². The fraction of sp³-hybridized carbons (Fsp3) is 0.348. The van der Waals surface area contributed by atoms with Gasteiger partial charge < -0.3 is 14.8 Å². The van der Waals surface area contributed by atoms with Crippen molar-refractivity contribution >= 4 is 11.8 Å². The maximum Gasteiger partial charge on any atom is 0.259 e. The van der Waals surface area contributed by atoms with E-state index < -0.39 is 0 Å². The summed E-state index contributed by atoms with van der Waals surface area (Å²) in [5.41, 5.74) is 1.46. The third-order valence-corrected chi connectivity index (χ3v) is 5.90. The van der Waals surface area contributed by atoms with Crippen LogP contribution in [0.5, 0.6) is 0 Å². The minimum absolute atomic E-state index is 0.00520. The summed E-state index contributed by atoms with van der Waals surface area (Å²) in [5.74, 6) is 0.840. The van der Waals surface area contributed by atoms with E-state index in [0.717, 1.165) is 24.3 Å². The topological polar surface area (TPSA) is 72.2 Å². The number of carbonyl (C=O) groups excluding carboxylic acids is 2. The number of rotatable bonds is 5. The first-order valence-electron chi connectivity index (χ1n) is 10.6. The molecule has 1 N–H and O–H groups in total. The maximum absolute atomic E-state index is 13.4. The van der Waals surface area contributed by atoms with E-state index in [9.17, 15) is 9.59 Å². The number of benzene rings is 1. The first kappa shape index (κ1) is 18.7. The summed E-state index contributed by atoms with van der Waals surface area (Å²) in [5, 5.41) is 7.61. The minimum Gasteiger partial charge on any atom is -0.353 e. The van der Waals surface area contributed by atoms with E-state index in [2.05, 4.69) is 10.4 Å². The molecular weight excluding hydrogens is 378 g/mol. The zero-order valence-electron chi connectivity index (χ0n) is 16.8. The molecule has 1 aliphatic heterocycles. The van der Waals surface area contributed by atoms with Crippen molar-refractivity contribution in [2.45, 2.75) is 31.7 Å². The highest BCUT2D eigenvalue weighted by molar-refractivity contribution is 5.97. The van der Waals surface area contributed by atoms with E-state index in [1.54, 1.807) is 10.9 Å². The van der Waals surface area contributed by atoms with Crippen molar-refractivity contribution in [3.63, 3.8) is 0 Å². The van der Waals surface area contributed by atoms with E-state index in [1.165, 1.54) is 0 Å². The third-order valence-electron chi connectivity index (χ3n) is 5.90. The van der Waals surface area contributed by atoms with Gasteiger partial charge in [-0.25, -0.2) is 4.68 Å². The summed E-state index contributed by atoms with van der Waals surface area (Å²) < 4.78 is 3.71. The second-order valence-electron chi connectivity index (χ2n) is 8.07. The average molecular weight is 403 g/mol. The zero-order chi connectivity index (χ0) is 20.5. The molecule has 154 valence electrons. The number of aromatic nitrogens is 3. The molecule has 3 aromatic rings. The number of piperidine rings is 1. The van der Waals surface area contributed by atoms with Crippen molar-refractivity contribution in [2.24, 2.45) is 5.92 Å². The third kappa shape index (κ3) is 3.63. The molecule has 7 nitrogen and oxygen atoms in total. The molecule has 3 heterocycles. The van der Waals surface area contributed by atoms with Crippen LogP contribution >= 0.6 is 0 Å². The Bertz CT molecular complexity index is 1030. The van der Waals surface area contributed by atoms with Crippen LogP contribution in [0.2, 0.25) is 0 Å². The van der Waals surface area contributed by atoms with E-state index >= 15 is 0 Å². The molecule has 2 aromatic heterocycles. The molecule has 5 rings (SSSR count). The lowest BCUT2D eigenvalue weighted by atomic mass is 9.95. The molecule has 2 fully saturated rings. The molecule has 1 saturated heterocycles. The smallest absolute Gasteiger partial charge is 0.259 e. The summed E-state index contributed by atoms with van der Waals surface area (Å²) in [6.45, 7) is 1.17. The number of hydrogen-bond acceptors (Lipinski definition) is 3. The Labute approximate surface area is 175 Å². The second kappa shape index (κ2) is 7.82. The Morgan fingerprint density at radius 1 is 0.933 bits per heavy atom. The molecule has 0 spiro atoms. The van der Waals surface area contributed by atoms with Gasteiger partial charge in [0.15, 0.2) is 5.82 Å². The maximum atomic E-state index is 13.4. The molecule has 0 unspecified atom stereocenters. The van der Waals surface area contributed by atoms with Gasteiger partial charge in [-0.3, -0.25) is 9.59 Å². The lowest BCUT2D eigenvalue weighted by Crippen LogP contribution is -2.43. The van der Waals surface area contributed by atoms with Gasteiger partial charge in [0.1, 0.15) is 5.56 Å². The summed E-state index contributed by atoms with van der Waals surface area (Å²) >= 11 is 0. The van der Waals surface area contributed by atoms with E-state index in [1.807, 2.05) is 64.3 Å². The van der Waals surface area contributed by atoms with Crippen molar-refractivity contribution in [2.75, 3.05) is 13.1 Å². The number of likely N-dealkylation sites (tertiary alicyclic amines) is 1. The normalized spacial score (nSPS) is 17.1. The molecule has 0 atom stereocenters. The fourth-order valence-corrected chi connectivity index (χ4v) is 4.04. The average Bonchev–Trinajstić information content (AvgIpc) is 3.26. The molecule has 1 aromatic carbocycles. The molecule has 1 saturated carbocycles. The Balaban J connectivity index is 1.37. The molecule has 7 heteroatoms. The van der Waals surface area contributed by atoms with E-state index in [0.29, 0.717) is 37.5 Å². The highest BCUT2D eigenvalue weighted by atomic mass is 16.2. The second-order valence-corrected chi connectivity index (χ2v) is 8.07. The molecule has 0 radical (unpaired) electrons. The Hall–Kier alpha value is -3.35. The van der Waals surface area contributed by atoms with Gasteiger partial charge in [-0.1, -0.05) is 18.2 Å². The molecule has 1 aliphatic carbocycles. The van der Waals surface area contributed by atoms with Crippen molar-refractivity contribution in [1.29, 1.82) is 0 Å². The van der Waals surface area contributed by atoms with Crippen LogP contribution in [0.15, 0.2) is 61.1 Å². The van der Waals surface area contributed by atoms with Gasteiger partial charge >= 0.3 is 0 Å². The Morgan fingerprint density at radius 3 is 2.30 bits per heavy atom. The van der Waals surface area contributed by atoms with Crippen molar-refractivity contribution < 1.29 is 9.59 Å². The highest BCUT2D eigenvalue weighted by Crippen LogP contribution is 2.25. The van der Waals surface area contributed by atoms with Crippen LogP contribution in [0.3, 0.4) is 0 Å². The fourth-order valence-electron chi connectivity index (χ4n) is 4.04. The quantitative estimate of drug-likeness (QED) is 0.712. The van der Waals surface area contributed by atoms with Gasteiger partial charge in [0.2, 0.25) is 5.91 Å². The van der Waals surface area contributed by atoms with Crippen LogP contribution in [0, 0.1) is 5.92 Å². The SMILES string of the molecule is O=C(NC1CC1)C1CCN(C(=O)c2cnn(-c3ccccc3)c2-n2cccc2)CC1. The van der Waals surface area contributed by atoms with E-state index in [-0.39, 0.29) is 17.7 Å². The number of carbonyl (C=O) groups is 2. The van der Waals surface area contributed by atoms with Crippen LogP contribution in [-0.4, -0.2) is 50.2 Å². The van der Waals surface area contributed by atoms with Crippen LogP contribution in [0.4, 0.5) is 0 Å². The monoisotopic (exact) mass is 403 g/mol. The molecule has 0 bridgehead atoms. The number of hydrogen-bond donors (Lipinski definition) is 1. The molecule has 2 amide bonds. The molecule has 2 aliphatic rings. The first-order chi connectivity index (χ1) is 14.7. The van der Waals surface area contributed by atoms with Crippen LogP contribution < -0.4 is 5.32 Å². The van der Waals surface area contributed by atoms with Crippen LogP contribution in [0.1, 0.15) is 36.0 Å². The predicted molar refractivity (Wildman–Crippen MR) is 113 cm³/mol. The lowest BCUT2D eigenvalue weighted by molar-refractivity contribution is -0.126. The largest absolute Gasteiger partial charge is 0.353 e. The highest BCUT2D eigenvalue weighted by Gasteiger charge is 2.32. The van der Waals surface area contributed by atoms with Crippen molar-refractivity contribution in [3.8, 4) is 11.5 Å². The number of amides is 2. The van der Waals surface area contributed by atoms with Gasteiger partial charge in [-0.15, -0.1) is 0 Å². The van der Waals surface area contributed by atoms with Gasteiger partial charge in [0.25, 0.3) is 5.91 Å². The first-order valence-corrected chi connectivity index (χ1v) is 10.6. The molecule has 30 heavy (non-hydrogen) atoms. The van der Waals surface area contributed by atoms with Crippen molar-refractivity contribution in [1.82, 2.24) is 24.6 Å². The van der Waals surface area contributed by atoms with Gasteiger partial charge in [0, 0.05) is 37.4 Å². The summed E-state index contributed by atoms with van der Waals surface area (Å²) in [4.78, 5) is 27.6. The summed E-state index contributed by atoms with van der Waals surface area (Å²) in [6, 6.07) is 14.0. The van der Waals surface area contributed by atoms with Crippen LogP contribution in [0.25, 0.3) is 11.5 Å². The zero-order valence-corrected chi connectivity index (χ0v) is 16.8. The summed E-state index contributed by atoms with van der Waals surface area (Å²) in [7, 11) is 0. The van der Waals surface area contributed by atoms with Crippen LogP contribution in [-0.2, 0) is 4.79 Å². The number of para-hydroxylation sites is 1.